The Labute approximate surface area is 102 Å². The Morgan fingerprint density at radius 3 is 3.12 bits per heavy atom. The van der Waals surface area contributed by atoms with E-state index in [2.05, 4.69) is 34.0 Å². The van der Waals surface area contributed by atoms with Gasteiger partial charge < -0.3 is 15.0 Å². The molecule has 1 fully saturated rings. The maximum atomic E-state index is 5.65. The Morgan fingerprint density at radius 1 is 1.47 bits per heavy atom. The zero-order valence-electron chi connectivity index (χ0n) is 10.5. The SMILES string of the molecule is CCNc1cncc(N2CCOC(CC)C2)n1. The minimum absolute atomic E-state index is 0.313. The van der Waals surface area contributed by atoms with Crippen molar-refractivity contribution >= 4 is 11.6 Å². The molecule has 1 saturated heterocycles. The van der Waals surface area contributed by atoms with Crippen LogP contribution < -0.4 is 10.2 Å². The van der Waals surface area contributed by atoms with Crippen molar-refractivity contribution in [3.05, 3.63) is 12.4 Å². The molecule has 2 rings (SSSR count). The molecule has 0 aromatic carbocycles. The van der Waals surface area contributed by atoms with Crippen molar-refractivity contribution in [2.75, 3.05) is 36.5 Å². The fraction of sp³-hybridized carbons (Fsp3) is 0.667. The molecule has 1 aliphatic rings. The van der Waals surface area contributed by atoms with Gasteiger partial charge in [-0.15, -0.1) is 0 Å². The van der Waals surface area contributed by atoms with E-state index in [1.807, 2.05) is 6.20 Å². The lowest BCUT2D eigenvalue weighted by Gasteiger charge is -2.33. The molecule has 1 N–H and O–H groups in total. The number of aromatic nitrogens is 2. The second-order valence-corrected chi connectivity index (χ2v) is 4.14. The zero-order valence-corrected chi connectivity index (χ0v) is 10.5. The van der Waals surface area contributed by atoms with Crippen LogP contribution in [-0.4, -0.2) is 42.3 Å². The molecule has 0 aliphatic carbocycles. The van der Waals surface area contributed by atoms with Crippen molar-refractivity contribution in [2.45, 2.75) is 26.4 Å². The number of nitrogens with one attached hydrogen (secondary N) is 1. The molecule has 1 unspecified atom stereocenters. The summed E-state index contributed by atoms with van der Waals surface area (Å²) >= 11 is 0. The van der Waals surface area contributed by atoms with Crippen LogP contribution in [0.15, 0.2) is 12.4 Å². The molecule has 0 radical (unpaired) electrons. The number of hydrogen-bond donors (Lipinski definition) is 1. The van der Waals surface area contributed by atoms with Gasteiger partial charge in [0.25, 0.3) is 0 Å². The van der Waals surface area contributed by atoms with Crippen LogP contribution in [0.5, 0.6) is 0 Å². The summed E-state index contributed by atoms with van der Waals surface area (Å²) in [5.41, 5.74) is 0. The molecule has 0 bridgehead atoms. The summed E-state index contributed by atoms with van der Waals surface area (Å²) in [6.07, 6.45) is 4.92. The van der Waals surface area contributed by atoms with Gasteiger partial charge in [0, 0.05) is 19.6 Å². The molecule has 0 spiro atoms. The Kier molecular flexibility index (Phi) is 4.14. The van der Waals surface area contributed by atoms with Gasteiger partial charge in [0.05, 0.1) is 25.1 Å². The van der Waals surface area contributed by atoms with Gasteiger partial charge in [0.2, 0.25) is 0 Å². The molecule has 2 heterocycles. The third-order valence-electron chi connectivity index (χ3n) is 2.90. The van der Waals surface area contributed by atoms with E-state index in [1.165, 1.54) is 0 Å². The van der Waals surface area contributed by atoms with Crippen LogP contribution >= 0.6 is 0 Å². The largest absolute Gasteiger partial charge is 0.375 e. The van der Waals surface area contributed by atoms with Gasteiger partial charge in [-0.3, -0.25) is 4.98 Å². The van der Waals surface area contributed by atoms with Crippen molar-refractivity contribution in [2.24, 2.45) is 0 Å². The molecular formula is C12H20N4O. The Balaban J connectivity index is 2.07. The summed E-state index contributed by atoms with van der Waals surface area (Å²) < 4.78 is 5.65. The van der Waals surface area contributed by atoms with E-state index < -0.39 is 0 Å². The van der Waals surface area contributed by atoms with E-state index in [0.717, 1.165) is 44.3 Å². The first-order valence-corrected chi connectivity index (χ1v) is 6.26. The molecule has 5 heteroatoms. The lowest BCUT2D eigenvalue weighted by Crippen LogP contribution is -2.42. The average Bonchev–Trinajstić information content (AvgIpc) is 2.40. The summed E-state index contributed by atoms with van der Waals surface area (Å²) in [4.78, 5) is 11.0. The first-order chi connectivity index (χ1) is 8.33. The van der Waals surface area contributed by atoms with E-state index in [1.54, 1.807) is 6.20 Å². The lowest BCUT2D eigenvalue weighted by atomic mass is 10.2. The third kappa shape index (κ3) is 3.06. The van der Waals surface area contributed by atoms with Crippen LogP contribution in [0, 0.1) is 0 Å². The molecule has 17 heavy (non-hydrogen) atoms. The first kappa shape index (κ1) is 12.1. The molecule has 0 saturated carbocycles. The highest BCUT2D eigenvalue weighted by molar-refractivity contribution is 5.44. The summed E-state index contributed by atoms with van der Waals surface area (Å²) in [6.45, 7) is 7.62. The quantitative estimate of drug-likeness (QED) is 0.859. The Bertz CT molecular complexity index is 358. The van der Waals surface area contributed by atoms with Crippen LogP contribution in [0.25, 0.3) is 0 Å². The van der Waals surface area contributed by atoms with Crippen LogP contribution in [0.2, 0.25) is 0 Å². The highest BCUT2D eigenvalue weighted by atomic mass is 16.5. The highest BCUT2D eigenvalue weighted by Gasteiger charge is 2.20. The van der Waals surface area contributed by atoms with Gasteiger partial charge in [-0.25, -0.2) is 4.98 Å². The van der Waals surface area contributed by atoms with Gasteiger partial charge in [-0.1, -0.05) is 6.92 Å². The summed E-state index contributed by atoms with van der Waals surface area (Å²) in [5.74, 6) is 1.77. The number of anilines is 2. The second kappa shape index (κ2) is 5.82. The lowest BCUT2D eigenvalue weighted by molar-refractivity contribution is 0.0381. The third-order valence-corrected chi connectivity index (χ3v) is 2.90. The first-order valence-electron chi connectivity index (χ1n) is 6.26. The molecule has 1 aromatic heterocycles. The van der Waals surface area contributed by atoms with Crippen molar-refractivity contribution < 1.29 is 4.74 Å². The number of hydrogen-bond acceptors (Lipinski definition) is 5. The van der Waals surface area contributed by atoms with Crippen LogP contribution in [0.3, 0.4) is 0 Å². The monoisotopic (exact) mass is 236 g/mol. The second-order valence-electron chi connectivity index (χ2n) is 4.14. The molecule has 5 nitrogen and oxygen atoms in total. The normalized spacial score (nSPS) is 20.4. The summed E-state index contributed by atoms with van der Waals surface area (Å²) in [7, 11) is 0. The maximum Gasteiger partial charge on any atom is 0.149 e. The smallest absolute Gasteiger partial charge is 0.149 e. The van der Waals surface area contributed by atoms with Crippen LogP contribution in [0.4, 0.5) is 11.6 Å². The Morgan fingerprint density at radius 2 is 2.35 bits per heavy atom. The average molecular weight is 236 g/mol. The molecule has 94 valence electrons. The fourth-order valence-electron chi connectivity index (χ4n) is 1.95. The minimum atomic E-state index is 0.313. The molecule has 1 aromatic rings. The highest BCUT2D eigenvalue weighted by Crippen LogP contribution is 2.17. The van der Waals surface area contributed by atoms with Crippen molar-refractivity contribution in [3.8, 4) is 0 Å². The molecule has 1 atom stereocenters. The fourth-order valence-corrected chi connectivity index (χ4v) is 1.95. The predicted molar refractivity (Wildman–Crippen MR) is 68.4 cm³/mol. The number of ether oxygens (including phenoxy) is 1. The maximum absolute atomic E-state index is 5.65. The van der Waals surface area contributed by atoms with Crippen molar-refractivity contribution in [3.63, 3.8) is 0 Å². The number of nitrogens with zero attached hydrogens (tertiary/aromatic N) is 3. The van der Waals surface area contributed by atoms with Gasteiger partial charge in [-0.05, 0) is 13.3 Å². The van der Waals surface area contributed by atoms with E-state index in [9.17, 15) is 0 Å². The molecule has 1 aliphatic heterocycles. The zero-order chi connectivity index (χ0) is 12.1. The van der Waals surface area contributed by atoms with Crippen molar-refractivity contribution in [1.82, 2.24) is 9.97 Å². The van der Waals surface area contributed by atoms with E-state index in [-0.39, 0.29) is 0 Å². The topological polar surface area (TPSA) is 50.3 Å². The van der Waals surface area contributed by atoms with Gasteiger partial charge in [0.15, 0.2) is 0 Å². The summed E-state index contributed by atoms with van der Waals surface area (Å²) in [5, 5.41) is 3.18. The number of rotatable bonds is 4. The van der Waals surface area contributed by atoms with E-state index >= 15 is 0 Å². The van der Waals surface area contributed by atoms with Crippen molar-refractivity contribution in [1.29, 1.82) is 0 Å². The standard InChI is InChI=1S/C12H20N4O/c1-3-10-9-16(5-6-17-10)12-8-13-7-11(15-12)14-4-2/h7-8,10H,3-6,9H2,1-2H3,(H,14,15). The predicted octanol–water partition coefficient (Wildman–Crippen LogP) is 1.52. The van der Waals surface area contributed by atoms with E-state index in [4.69, 9.17) is 4.74 Å². The van der Waals surface area contributed by atoms with Gasteiger partial charge >= 0.3 is 0 Å². The minimum Gasteiger partial charge on any atom is -0.375 e. The molecular weight excluding hydrogens is 216 g/mol. The van der Waals surface area contributed by atoms with E-state index in [0.29, 0.717) is 6.10 Å². The molecule has 0 amide bonds. The van der Waals surface area contributed by atoms with Crippen LogP contribution in [0.1, 0.15) is 20.3 Å². The van der Waals surface area contributed by atoms with Gasteiger partial charge in [0.1, 0.15) is 11.6 Å². The number of morpholine rings is 1. The van der Waals surface area contributed by atoms with Crippen LogP contribution in [-0.2, 0) is 4.74 Å². The Hall–Kier alpha value is -1.36. The van der Waals surface area contributed by atoms with Gasteiger partial charge in [-0.2, -0.15) is 0 Å². The summed E-state index contributed by atoms with van der Waals surface area (Å²) in [6, 6.07) is 0.